The van der Waals surface area contributed by atoms with Crippen molar-refractivity contribution in [3.8, 4) is 0 Å². The molecule has 0 aromatic heterocycles. The van der Waals surface area contributed by atoms with Crippen molar-refractivity contribution >= 4 is 50.7 Å². The molecule has 5 nitrogen and oxygen atoms in total. The van der Waals surface area contributed by atoms with Crippen molar-refractivity contribution in [3.05, 3.63) is 83.6 Å². The Kier molecular flexibility index (Phi) is 7.59. The molecule has 162 valence electrons. The predicted molar refractivity (Wildman–Crippen MR) is 124 cm³/mol. The van der Waals surface area contributed by atoms with E-state index in [1.165, 1.54) is 60.3 Å². The molecular formula is C22H20ClFN2O3S2. The molecule has 0 bridgehead atoms. The first-order valence-electron chi connectivity index (χ1n) is 9.38. The van der Waals surface area contributed by atoms with Crippen molar-refractivity contribution in [2.45, 2.75) is 28.4 Å². The van der Waals surface area contributed by atoms with Crippen LogP contribution < -0.4 is 10.0 Å². The van der Waals surface area contributed by atoms with E-state index < -0.39 is 15.8 Å². The van der Waals surface area contributed by atoms with Crippen LogP contribution in [0, 0.1) is 5.82 Å². The maximum Gasteiger partial charge on any atom is 0.261 e. The molecule has 1 atom stereocenters. The third-order valence-electron chi connectivity index (χ3n) is 4.28. The van der Waals surface area contributed by atoms with Gasteiger partial charge in [-0.05, 0) is 79.2 Å². The number of benzene rings is 3. The molecule has 0 saturated heterocycles. The van der Waals surface area contributed by atoms with Crippen molar-refractivity contribution in [2.24, 2.45) is 0 Å². The topological polar surface area (TPSA) is 75.3 Å². The number of hydrogen-bond donors (Lipinski definition) is 2. The molecule has 0 aliphatic rings. The smallest absolute Gasteiger partial charge is 0.261 e. The average molecular weight is 479 g/mol. The van der Waals surface area contributed by atoms with Gasteiger partial charge in [-0.3, -0.25) is 9.52 Å². The monoisotopic (exact) mass is 478 g/mol. The van der Waals surface area contributed by atoms with Crippen molar-refractivity contribution in [1.29, 1.82) is 0 Å². The number of carbonyl (C=O) groups excluding carboxylic acids is 1. The molecule has 1 amide bonds. The van der Waals surface area contributed by atoms with E-state index >= 15 is 0 Å². The summed E-state index contributed by atoms with van der Waals surface area (Å²) in [5.41, 5.74) is 0.740. The molecule has 31 heavy (non-hydrogen) atoms. The summed E-state index contributed by atoms with van der Waals surface area (Å²) in [5, 5.41) is 3.13. The van der Waals surface area contributed by atoms with Crippen LogP contribution in [0.1, 0.15) is 13.3 Å². The second-order valence-electron chi connectivity index (χ2n) is 6.59. The number of rotatable bonds is 8. The molecule has 0 saturated carbocycles. The fourth-order valence-corrected chi connectivity index (χ4v) is 4.81. The summed E-state index contributed by atoms with van der Waals surface area (Å²) in [4.78, 5) is 13.6. The molecule has 0 unspecified atom stereocenters. The van der Waals surface area contributed by atoms with E-state index in [4.69, 9.17) is 11.6 Å². The Morgan fingerprint density at radius 2 is 1.55 bits per heavy atom. The van der Waals surface area contributed by atoms with Gasteiger partial charge in [0.2, 0.25) is 5.91 Å². The van der Waals surface area contributed by atoms with E-state index in [0.29, 0.717) is 17.1 Å². The highest BCUT2D eigenvalue weighted by atomic mass is 35.5. The number of halogens is 2. The highest BCUT2D eigenvalue weighted by molar-refractivity contribution is 8.00. The number of thioether (sulfide) groups is 1. The lowest BCUT2D eigenvalue weighted by atomic mass is 10.3. The van der Waals surface area contributed by atoms with Crippen molar-refractivity contribution in [3.63, 3.8) is 0 Å². The van der Waals surface area contributed by atoms with Crippen LogP contribution in [-0.2, 0) is 14.8 Å². The number of anilines is 2. The maximum atomic E-state index is 13.0. The molecule has 0 heterocycles. The van der Waals surface area contributed by atoms with Gasteiger partial charge in [0.05, 0.1) is 10.1 Å². The van der Waals surface area contributed by atoms with Gasteiger partial charge in [-0.25, -0.2) is 12.8 Å². The third kappa shape index (κ3) is 6.46. The standard InChI is InChI=1S/C22H20ClFN2O3S2/c1-2-21(30-19-11-3-15(23)4-12-19)22(27)25-17-9-13-20(14-10-17)31(28,29)26-18-7-5-16(24)6-8-18/h3-14,21,26H,2H2,1H3,(H,25,27)/t21-/m1/s1. The molecule has 2 N–H and O–H groups in total. The normalized spacial score (nSPS) is 12.2. The Labute approximate surface area is 190 Å². The van der Waals surface area contributed by atoms with Gasteiger partial charge in [0.1, 0.15) is 5.82 Å². The first-order valence-corrected chi connectivity index (χ1v) is 12.1. The van der Waals surface area contributed by atoms with Crippen LogP contribution >= 0.6 is 23.4 Å². The fourth-order valence-electron chi connectivity index (χ4n) is 2.67. The Bertz CT molecular complexity index is 1140. The molecule has 0 fully saturated rings. The molecule has 3 aromatic rings. The Morgan fingerprint density at radius 1 is 0.968 bits per heavy atom. The molecule has 0 radical (unpaired) electrons. The molecule has 9 heteroatoms. The maximum absolute atomic E-state index is 13.0. The Balaban J connectivity index is 1.65. The highest BCUT2D eigenvalue weighted by Crippen LogP contribution is 2.28. The quantitative estimate of drug-likeness (QED) is 0.402. The van der Waals surface area contributed by atoms with E-state index in [1.807, 2.05) is 19.1 Å². The van der Waals surface area contributed by atoms with E-state index in [1.54, 1.807) is 12.1 Å². The average Bonchev–Trinajstić information content (AvgIpc) is 2.75. The first kappa shape index (κ1) is 23.1. The highest BCUT2D eigenvalue weighted by Gasteiger charge is 2.19. The van der Waals surface area contributed by atoms with Crippen LogP contribution in [0.2, 0.25) is 5.02 Å². The SMILES string of the molecule is CC[C@@H](Sc1ccc(Cl)cc1)C(=O)Nc1ccc(S(=O)(=O)Nc2ccc(F)cc2)cc1. The zero-order chi connectivity index (χ0) is 22.4. The lowest BCUT2D eigenvalue weighted by molar-refractivity contribution is -0.115. The van der Waals surface area contributed by atoms with Crippen LogP contribution in [0.5, 0.6) is 0 Å². The molecule has 0 spiro atoms. The molecule has 0 aliphatic heterocycles. The van der Waals surface area contributed by atoms with Crippen LogP contribution in [-0.4, -0.2) is 19.6 Å². The van der Waals surface area contributed by atoms with Crippen molar-refractivity contribution in [2.75, 3.05) is 10.0 Å². The van der Waals surface area contributed by atoms with Crippen molar-refractivity contribution < 1.29 is 17.6 Å². The number of nitrogens with one attached hydrogen (secondary N) is 2. The molecule has 3 rings (SSSR count). The summed E-state index contributed by atoms with van der Waals surface area (Å²) >= 11 is 7.33. The van der Waals surface area contributed by atoms with Crippen LogP contribution in [0.25, 0.3) is 0 Å². The minimum Gasteiger partial charge on any atom is -0.325 e. The summed E-state index contributed by atoms with van der Waals surface area (Å²) in [6.45, 7) is 1.92. The van der Waals surface area contributed by atoms with Crippen molar-refractivity contribution in [1.82, 2.24) is 0 Å². The molecular weight excluding hydrogens is 459 g/mol. The summed E-state index contributed by atoms with van der Waals surface area (Å²) in [6.07, 6.45) is 0.618. The van der Waals surface area contributed by atoms with Gasteiger partial charge in [-0.15, -0.1) is 11.8 Å². The Hall–Kier alpha value is -2.55. The van der Waals surface area contributed by atoms with Gasteiger partial charge in [-0.1, -0.05) is 18.5 Å². The summed E-state index contributed by atoms with van der Waals surface area (Å²) in [7, 11) is -3.84. The second-order valence-corrected chi connectivity index (χ2v) is 9.99. The minimum absolute atomic E-state index is 0.0254. The summed E-state index contributed by atoms with van der Waals surface area (Å²) < 4.78 is 40.4. The summed E-state index contributed by atoms with van der Waals surface area (Å²) in [5.74, 6) is -0.634. The number of sulfonamides is 1. The van der Waals surface area contributed by atoms with Gasteiger partial charge >= 0.3 is 0 Å². The van der Waals surface area contributed by atoms with Crippen LogP contribution in [0.4, 0.5) is 15.8 Å². The second kappa shape index (κ2) is 10.2. The van der Waals surface area contributed by atoms with Gasteiger partial charge < -0.3 is 5.32 Å². The first-order chi connectivity index (χ1) is 14.8. The van der Waals surface area contributed by atoms with E-state index in [2.05, 4.69) is 10.0 Å². The Morgan fingerprint density at radius 3 is 2.13 bits per heavy atom. The number of hydrogen-bond acceptors (Lipinski definition) is 4. The zero-order valence-corrected chi connectivity index (χ0v) is 18.9. The lowest BCUT2D eigenvalue weighted by Gasteiger charge is -2.15. The van der Waals surface area contributed by atoms with Gasteiger partial charge in [0, 0.05) is 21.3 Å². The van der Waals surface area contributed by atoms with E-state index in [-0.39, 0.29) is 21.7 Å². The van der Waals surface area contributed by atoms with Crippen LogP contribution in [0.3, 0.4) is 0 Å². The summed E-state index contributed by atoms with van der Waals surface area (Å²) in [6, 6.07) is 18.1. The predicted octanol–water partition coefficient (Wildman–Crippen LogP) is 5.79. The van der Waals surface area contributed by atoms with Gasteiger partial charge in [-0.2, -0.15) is 0 Å². The molecule has 0 aliphatic carbocycles. The van der Waals surface area contributed by atoms with E-state index in [0.717, 1.165) is 4.90 Å². The number of carbonyl (C=O) groups is 1. The third-order valence-corrected chi connectivity index (χ3v) is 7.31. The molecule has 3 aromatic carbocycles. The largest absolute Gasteiger partial charge is 0.325 e. The van der Waals surface area contributed by atoms with Crippen LogP contribution in [0.15, 0.2) is 82.6 Å². The van der Waals surface area contributed by atoms with Gasteiger partial charge in [0.25, 0.3) is 10.0 Å². The number of amides is 1. The lowest BCUT2D eigenvalue weighted by Crippen LogP contribution is -2.24. The fraction of sp³-hybridized carbons (Fsp3) is 0.136. The van der Waals surface area contributed by atoms with Gasteiger partial charge in [0.15, 0.2) is 0 Å². The zero-order valence-electron chi connectivity index (χ0n) is 16.5. The minimum atomic E-state index is -3.84. The van der Waals surface area contributed by atoms with E-state index in [9.17, 15) is 17.6 Å².